The second-order valence-corrected chi connectivity index (χ2v) is 14.4. The highest BCUT2D eigenvalue weighted by Crippen LogP contribution is 2.36. The fourth-order valence-corrected chi connectivity index (χ4v) is 7.10. The van der Waals surface area contributed by atoms with Crippen LogP contribution in [0.1, 0.15) is 65.6 Å². The van der Waals surface area contributed by atoms with E-state index in [-0.39, 0.29) is 35.9 Å². The Labute approximate surface area is 284 Å². The van der Waals surface area contributed by atoms with Crippen molar-refractivity contribution in [2.45, 2.75) is 68.7 Å². The number of carbonyl (C=O) groups excluding carboxylic acids is 1. The van der Waals surface area contributed by atoms with Crippen LogP contribution < -0.4 is 9.47 Å². The van der Waals surface area contributed by atoms with Crippen LogP contribution in [-0.2, 0) is 27.7 Å². The summed E-state index contributed by atoms with van der Waals surface area (Å²) in [6.45, 7) is 3.52. The van der Waals surface area contributed by atoms with E-state index >= 15 is 0 Å². The lowest BCUT2D eigenvalue weighted by atomic mass is 9.81. The van der Waals surface area contributed by atoms with E-state index in [2.05, 4.69) is 17.0 Å². The summed E-state index contributed by atoms with van der Waals surface area (Å²) in [7, 11) is -3.60. The van der Waals surface area contributed by atoms with E-state index in [1.807, 2.05) is 72.8 Å². The maximum absolute atomic E-state index is 12.6. The number of hydrogen-bond donors (Lipinski definition) is 1. The highest BCUT2D eigenvalue weighted by molar-refractivity contribution is 7.90. The van der Waals surface area contributed by atoms with E-state index in [1.54, 1.807) is 19.1 Å². The summed E-state index contributed by atoms with van der Waals surface area (Å²) in [4.78, 5) is 14.5. The largest absolute Gasteiger partial charge is 0.491 e. The molecule has 0 aromatic heterocycles. The van der Waals surface area contributed by atoms with E-state index in [0.29, 0.717) is 36.9 Å². The molecular formula is C39H45NO7S. The van der Waals surface area contributed by atoms with Gasteiger partial charge in [0.1, 0.15) is 35.7 Å². The minimum absolute atomic E-state index is 0.0148. The van der Waals surface area contributed by atoms with Crippen molar-refractivity contribution in [1.29, 1.82) is 0 Å². The highest BCUT2D eigenvalue weighted by Gasteiger charge is 2.28. The number of hydrogen-bond acceptors (Lipinski definition) is 8. The maximum Gasteiger partial charge on any atom is 0.338 e. The molecule has 0 spiro atoms. The van der Waals surface area contributed by atoms with Gasteiger partial charge in [0, 0.05) is 31.5 Å². The number of sulfone groups is 1. The van der Waals surface area contributed by atoms with Crippen molar-refractivity contribution in [2.75, 3.05) is 26.0 Å². The Morgan fingerprint density at radius 2 is 1.50 bits per heavy atom. The average molecular weight is 672 g/mol. The van der Waals surface area contributed by atoms with Crippen LogP contribution >= 0.6 is 0 Å². The lowest BCUT2D eigenvalue weighted by Crippen LogP contribution is -2.43. The molecule has 4 aromatic rings. The standard InChI is InChI=1S/C39H45NO7S/c1-3-45-39(42)33-16-14-31(15-17-33)32-18-20-34(21-19-32)40(25-29-10-6-4-7-11-29)26-35(41)28-46-36-22-23-37(38(24-36)48(2,43)44)47-27-30-12-8-5-9-13-30/h4-17,22-24,32,34-35,41H,3,18-21,25-28H2,1-2H3/t32-,34-,35-/m0/s1. The number of ether oxygens (including phenoxy) is 3. The zero-order valence-corrected chi connectivity index (χ0v) is 28.5. The van der Waals surface area contributed by atoms with Crippen molar-refractivity contribution in [3.05, 3.63) is 125 Å². The fourth-order valence-electron chi connectivity index (χ4n) is 6.28. The van der Waals surface area contributed by atoms with Crippen LogP contribution in [0.4, 0.5) is 0 Å². The topological polar surface area (TPSA) is 102 Å². The molecule has 0 unspecified atom stereocenters. The van der Waals surface area contributed by atoms with Gasteiger partial charge in [-0.15, -0.1) is 0 Å². The molecule has 1 fully saturated rings. The molecule has 1 saturated carbocycles. The summed E-state index contributed by atoms with van der Waals surface area (Å²) in [6.07, 6.45) is 4.32. The predicted octanol–water partition coefficient (Wildman–Crippen LogP) is 6.81. The Morgan fingerprint density at radius 1 is 0.854 bits per heavy atom. The lowest BCUT2D eigenvalue weighted by Gasteiger charge is -2.38. The number of nitrogens with zero attached hydrogens (tertiary/aromatic N) is 1. The normalized spacial score (nSPS) is 17.1. The summed E-state index contributed by atoms with van der Waals surface area (Å²) in [5.41, 5.74) is 3.90. The summed E-state index contributed by atoms with van der Waals surface area (Å²) in [5.74, 6) is 0.722. The lowest BCUT2D eigenvalue weighted by molar-refractivity contribution is 0.0383. The molecule has 8 nitrogen and oxygen atoms in total. The van der Waals surface area contributed by atoms with Crippen molar-refractivity contribution >= 4 is 15.8 Å². The van der Waals surface area contributed by atoms with Gasteiger partial charge in [0.2, 0.25) is 0 Å². The smallest absolute Gasteiger partial charge is 0.338 e. The van der Waals surface area contributed by atoms with Gasteiger partial charge in [-0.2, -0.15) is 0 Å². The molecule has 0 heterocycles. The first-order valence-corrected chi connectivity index (χ1v) is 18.5. The Hall–Kier alpha value is -4.18. The van der Waals surface area contributed by atoms with Crippen LogP contribution in [0.2, 0.25) is 0 Å². The molecule has 0 aliphatic heterocycles. The number of rotatable bonds is 15. The molecule has 1 atom stereocenters. The van der Waals surface area contributed by atoms with Gasteiger partial charge in [0.15, 0.2) is 9.84 Å². The first-order valence-electron chi connectivity index (χ1n) is 16.6. The predicted molar refractivity (Wildman–Crippen MR) is 186 cm³/mol. The van der Waals surface area contributed by atoms with E-state index in [4.69, 9.17) is 14.2 Å². The monoisotopic (exact) mass is 671 g/mol. The maximum atomic E-state index is 12.6. The van der Waals surface area contributed by atoms with E-state index < -0.39 is 15.9 Å². The van der Waals surface area contributed by atoms with E-state index in [0.717, 1.165) is 37.5 Å². The van der Waals surface area contributed by atoms with E-state index in [9.17, 15) is 18.3 Å². The van der Waals surface area contributed by atoms with Gasteiger partial charge < -0.3 is 19.3 Å². The molecule has 1 aliphatic rings. The van der Waals surface area contributed by atoms with Crippen molar-refractivity contribution < 1.29 is 32.5 Å². The quantitative estimate of drug-likeness (QED) is 0.138. The van der Waals surface area contributed by atoms with Gasteiger partial charge in [-0.05, 0) is 79.5 Å². The number of benzene rings is 4. The molecule has 4 aromatic carbocycles. The number of aliphatic hydroxyl groups excluding tert-OH is 1. The van der Waals surface area contributed by atoms with E-state index in [1.165, 1.54) is 17.2 Å². The van der Waals surface area contributed by atoms with Gasteiger partial charge in [0.25, 0.3) is 0 Å². The van der Waals surface area contributed by atoms with Crippen molar-refractivity contribution in [1.82, 2.24) is 4.90 Å². The summed E-state index contributed by atoms with van der Waals surface area (Å²) >= 11 is 0. The third-order valence-corrected chi connectivity index (χ3v) is 9.89. The van der Waals surface area contributed by atoms with Gasteiger partial charge in [-0.1, -0.05) is 72.8 Å². The zero-order chi connectivity index (χ0) is 33.9. The molecule has 9 heteroatoms. The molecule has 0 bridgehead atoms. The zero-order valence-electron chi connectivity index (χ0n) is 27.7. The second-order valence-electron chi connectivity index (χ2n) is 12.4. The molecular weight excluding hydrogens is 626 g/mol. The Bertz CT molecular complexity index is 1700. The van der Waals surface area contributed by atoms with Crippen LogP contribution in [0.25, 0.3) is 0 Å². The summed E-state index contributed by atoms with van der Waals surface area (Å²) in [5, 5.41) is 11.2. The van der Waals surface area contributed by atoms with Crippen molar-refractivity contribution in [2.24, 2.45) is 0 Å². The van der Waals surface area contributed by atoms with Gasteiger partial charge >= 0.3 is 5.97 Å². The van der Waals surface area contributed by atoms with Crippen LogP contribution in [0.15, 0.2) is 108 Å². The van der Waals surface area contributed by atoms with Gasteiger partial charge in [-0.3, -0.25) is 4.90 Å². The minimum atomic E-state index is -3.60. The molecule has 0 saturated heterocycles. The highest BCUT2D eigenvalue weighted by atomic mass is 32.2. The molecule has 48 heavy (non-hydrogen) atoms. The Balaban J connectivity index is 1.20. The van der Waals surface area contributed by atoms with Gasteiger partial charge in [0.05, 0.1) is 12.2 Å². The van der Waals surface area contributed by atoms with Crippen LogP contribution in [0, 0.1) is 0 Å². The van der Waals surface area contributed by atoms with Crippen LogP contribution in [0.5, 0.6) is 11.5 Å². The third-order valence-electron chi connectivity index (χ3n) is 8.77. The fraction of sp³-hybridized carbons (Fsp3) is 0.359. The molecule has 1 N–H and O–H groups in total. The first-order chi connectivity index (χ1) is 23.2. The average Bonchev–Trinajstić information content (AvgIpc) is 3.10. The van der Waals surface area contributed by atoms with Gasteiger partial charge in [-0.25, -0.2) is 13.2 Å². The number of aliphatic hydroxyl groups is 1. The Morgan fingerprint density at radius 3 is 2.12 bits per heavy atom. The molecule has 0 radical (unpaired) electrons. The van der Waals surface area contributed by atoms with Crippen LogP contribution in [0.3, 0.4) is 0 Å². The third kappa shape index (κ3) is 9.92. The molecule has 1 aliphatic carbocycles. The molecule has 0 amide bonds. The molecule has 5 rings (SSSR count). The molecule has 254 valence electrons. The van der Waals surface area contributed by atoms with Crippen molar-refractivity contribution in [3.63, 3.8) is 0 Å². The SMILES string of the molecule is CCOC(=O)c1ccc([C@H]2CC[C@H](N(Cc3ccccc3)C[C@H](O)COc3ccc(OCc4ccccc4)c(S(C)(=O)=O)c3)CC2)cc1. The Kier molecular flexibility index (Phi) is 12.3. The first kappa shape index (κ1) is 35.1. The summed E-state index contributed by atoms with van der Waals surface area (Å²) in [6, 6.07) is 32.6. The van der Waals surface area contributed by atoms with Crippen molar-refractivity contribution in [3.8, 4) is 11.5 Å². The second kappa shape index (κ2) is 16.8. The number of esters is 1. The summed E-state index contributed by atoms with van der Waals surface area (Å²) < 4.78 is 42.2. The number of carbonyl (C=O) groups is 1. The minimum Gasteiger partial charge on any atom is -0.491 e. The van der Waals surface area contributed by atoms with Crippen LogP contribution in [-0.4, -0.2) is 62.6 Å².